The largest absolute Gasteiger partial charge is 0.366 e. The molecule has 0 spiro atoms. The number of fused-ring (bicyclic) bond motifs is 1. The van der Waals surface area contributed by atoms with Gasteiger partial charge in [-0.3, -0.25) is 9.78 Å². The number of rotatable bonds is 2. The van der Waals surface area contributed by atoms with E-state index in [9.17, 15) is 4.79 Å². The average molecular weight is 271 g/mol. The van der Waals surface area contributed by atoms with Crippen LogP contribution in [0.5, 0.6) is 0 Å². The fourth-order valence-corrected chi connectivity index (χ4v) is 2.36. The molecular weight excluding hydrogens is 254 g/mol. The molecule has 2 aromatic rings. The summed E-state index contributed by atoms with van der Waals surface area (Å²) < 4.78 is 5.46. The van der Waals surface area contributed by atoms with Crippen LogP contribution in [0.4, 0.5) is 5.69 Å². The fourth-order valence-electron chi connectivity index (χ4n) is 2.36. The number of nitrogens with zero attached hydrogens (tertiary/aromatic N) is 1. The molecule has 2 heterocycles. The predicted molar refractivity (Wildman–Crippen MR) is 77.7 cm³/mol. The van der Waals surface area contributed by atoms with Crippen molar-refractivity contribution < 1.29 is 9.53 Å². The van der Waals surface area contributed by atoms with Crippen molar-refractivity contribution >= 4 is 22.5 Å². The van der Waals surface area contributed by atoms with E-state index in [1.165, 1.54) is 0 Å². The molecule has 1 aromatic carbocycles. The number of morpholine rings is 1. The van der Waals surface area contributed by atoms with E-state index in [2.05, 4.69) is 15.6 Å². The molecule has 5 heteroatoms. The van der Waals surface area contributed by atoms with Crippen LogP contribution in [0.25, 0.3) is 10.9 Å². The summed E-state index contributed by atoms with van der Waals surface area (Å²) in [5, 5.41) is 7.04. The maximum atomic E-state index is 12.2. The minimum Gasteiger partial charge on any atom is -0.366 e. The molecule has 3 rings (SSSR count). The normalized spacial score (nSPS) is 18.9. The van der Waals surface area contributed by atoms with Crippen LogP contribution in [-0.4, -0.2) is 36.7 Å². The Morgan fingerprint density at radius 3 is 3.10 bits per heavy atom. The quantitative estimate of drug-likeness (QED) is 0.868. The Balaban J connectivity index is 1.88. The van der Waals surface area contributed by atoms with Crippen LogP contribution in [0.2, 0.25) is 0 Å². The summed E-state index contributed by atoms with van der Waals surface area (Å²) >= 11 is 0. The highest BCUT2D eigenvalue weighted by Gasteiger charge is 2.22. The van der Waals surface area contributed by atoms with E-state index >= 15 is 0 Å². The Morgan fingerprint density at radius 2 is 2.30 bits per heavy atom. The lowest BCUT2D eigenvalue weighted by Gasteiger charge is -2.23. The molecule has 5 nitrogen and oxygen atoms in total. The van der Waals surface area contributed by atoms with E-state index < -0.39 is 6.10 Å². The molecule has 104 valence electrons. The van der Waals surface area contributed by atoms with E-state index in [1.54, 1.807) is 0 Å². The predicted octanol–water partition coefficient (Wildman–Crippen LogP) is 1.47. The SMILES string of the molecule is Cc1cc(NC(=O)C2CNCCO2)c2ccccc2n1. The molecular formula is C15H17N3O2. The van der Waals surface area contributed by atoms with Crippen molar-refractivity contribution in [1.29, 1.82) is 0 Å². The second-order valence-corrected chi connectivity index (χ2v) is 4.88. The minimum absolute atomic E-state index is 0.118. The highest BCUT2D eigenvalue weighted by atomic mass is 16.5. The molecule has 1 aromatic heterocycles. The number of pyridine rings is 1. The molecule has 1 aliphatic heterocycles. The standard InChI is InChI=1S/C15H17N3O2/c1-10-8-13(11-4-2-3-5-12(11)17-10)18-15(19)14-9-16-6-7-20-14/h2-5,8,14,16H,6-7,9H2,1H3,(H,17,18,19). The molecule has 2 N–H and O–H groups in total. The Labute approximate surface area is 117 Å². The molecule has 1 fully saturated rings. The van der Waals surface area contributed by atoms with Gasteiger partial charge in [-0.25, -0.2) is 0 Å². The Kier molecular flexibility index (Phi) is 3.62. The summed E-state index contributed by atoms with van der Waals surface area (Å²) in [6.45, 7) is 3.82. The molecule has 0 saturated carbocycles. The number of hydrogen-bond donors (Lipinski definition) is 2. The summed E-state index contributed by atoms with van der Waals surface area (Å²) in [5.74, 6) is -0.118. The van der Waals surface area contributed by atoms with E-state index in [0.717, 1.165) is 28.8 Å². The van der Waals surface area contributed by atoms with Crippen LogP contribution in [-0.2, 0) is 9.53 Å². The van der Waals surface area contributed by atoms with Crippen molar-refractivity contribution in [3.05, 3.63) is 36.0 Å². The number of benzene rings is 1. The molecule has 1 saturated heterocycles. The fraction of sp³-hybridized carbons (Fsp3) is 0.333. The number of carbonyl (C=O) groups is 1. The number of carbonyl (C=O) groups excluding carboxylic acids is 1. The molecule has 1 unspecified atom stereocenters. The second kappa shape index (κ2) is 5.56. The van der Waals surface area contributed by atoms with E-state index in [-0.39, 0.29) is 5.91 Å². The number of aryl methyl sites for hydroxylation is 1. The van der Waals surface area contributed by atoms with Crippen molar-refractivity contribution in [1.82, 2.24) is 10.3 Å². The van der Waals surface area contributed by atoms with Gasteiger partial charge in [-0.05, 0) is 19.1 Å². The van der Waals surface area contributed by atoms with Crippen molar-refractivity contribution in [3.8, 4) is 0 Å². The van der Waals surface area contributed by atoms with Gasteiger partial charge in [0.2, 0.25) is 0 Å². The molecule has 0 radical (unpaired) electrons. The lowest BCUT2D eigenvalue weighted by molar-refractivity contribution is -0.128. The van der Waals surface area contributed by atoms with Crippen LogP contribution >= 0.6 is 0 Å². The van der Waals surface area contributed by atoms with Gasteiger partial charge in [0.1, 0.15) is 6.10 Å². The lowest BCUT2D eigenvalue weighted by Crippen LogP contribution is -2.45. The van der Waals surface area contributed by atoms with Gasteiger partial charge in [0, 0.05) is 24.2 Å². The minimum atomic E-state index is -0.434. The van der Waals surface area contributed by atoms with Gasteiger partial charge in [-0.1, -0.05) is 18.2 Å². The highest BCUT2D eigenvalue weighted by molar-refractivity contribution is 6.02. The maximum Gasteiger partial charge on any atom is 0.254 e. The third-order valence-corrected chi connectivity index (χ3v) is 3.32. The first kappa shape index (κ1) is 13.0. The summed E-state index contributed by atoms with van der Waals surface area (Å²) in [4.78, 5) is 16.7. The van der Waals surface area contributed by atoms with E-state index in [4.69, 9.17) is 4.74 Å². The number of amides is 1. The zero-order valence-corrected chi connectivity index (χ0v) is 11.3. The summed E-state index contributed by atoms with van der Waals surface area (Å²) in [6.07, 6.45) is -0.434. The molecule has 1 aliphatic rings. The Bertz CT molecular complexity index is 636. The third-order valence-electron chi connectivity index (χ3n) is 3.32. The summed E-state index contributed by atoms with van der Waals surface area (Å²) in [6, 6.07) is 9.66. The van der Waals surface area contributed by atoms with Crippen LogP contribution in [0.1, 0.15) is 5.69 Å². The van der Waals surface area contributed by atoms with Gasteiger partial charge in [0.05, 0.1) is 17.8 Å². The van der Waals surface area contributed by atoms with Crippen molar-refractivity contribution in [2.24, 2.45) is 0 Å². The van der Waals surface area contributed by atoms with Crippen LogP contribution in [0, 0.1) is 6.92 Å². The smallest absolute Gasteiger partial charge is 0.254 e. The summed E-state index contributed by atoms with van der Waals surface area (Å²) in [5.41, 5.74) is 2.54. The molecule has 1 amide bonds. The Morgan fingerprint density at radius 1 is 1.45 bits per heavy atom. The monoisotopic (exact) mass is 271 g/mol. The van der Waals surface area contributed by atoms with Gasteiger partial charge in [-0.15, -0.1) is 0 Å². The first-order chi connectivity index (χ1) is 9.74. The van der Waals surface area contributed by atoms with Crippen molar-refractivity contribution in [3.63, 3.8) is 0 Å². The zero-order chi connectivity index (χ0) is 13.9. The number of ether oxygens (including phenoxy) is 1. The van der Waals surface area contributed by atoms with Crippen LogP contribution < -0.4 is 10.6 Å². The number of nitrogens with one attached hydrogen (secondary N) is 2. The van der Waals surface area contributed by atoms with Crippen molar-refractivity contribution in [2.45, 2.75) is 13.0 Å². The number of para-hydroxylation sites is 1. The molecule has 0 bridgehead atoms. The topological polar surface area (TPSA) is 63.2 Å². The van der Waals surface area contributed by atoms with Crippen molar-refractivity contribution in [2.75, 3.05) is 25.0 Å². The lowest BCUT2D eigenvalue weighted by atomic mass is 10.1. The van der Waals surface area contributed by atoms with Crippen LogP contribution in [0.15, 0.2) is 30.3 Å². The van der Waals surface area contributed by atoms with Gasteiger partial charge < -0.3 is 15.4 Å². The first-order valence-electron chi connectivity index (χ1n) is 6.73. The summed E-state index contributed by atoms with van der Waals surface area (Å²) in [7, 11) is 0. The second-order valence-electron chi connectivity index (χ2n) is 4.88. The number of anilines is 1. The average Bonchev–Trinajstić information content (AvgIpc) is 2.48. The number of aromatic nitrogens is 1. The highest BCUT2D eigenvalue weighted by Crippen LogP contribution is 2.23. The van der Waals surface area contributed by atoms with Gasteiger partial charge in [-0.2, -0.15) is 0 Å². The molecule has 1 atom stereocenters. The maximum absolute atomic E-state index is 12.2. The number of hydrogen-bond acceptors (Lipinski definition) is 4. The van der Waals surface area contributed by atoms with Gasteiger partial charge >= 0.3 is 0 Å². The van der Waals surface area contributed by atoms with E-state index in [0.29, 0.717) is 13.2 Å². The molecule has 0 aliphatic carbocycles. The third kappa shape index (κ3) is 2.64. The van der Waals surface area contributed by atoms with Gasteiger partial charge in [0.25, 0.3) is 5.91 Å². The Hall–Kier alpha value is -1.98. The zero-order valence-electron chi connectivity index (χ0n) is 11.3. The van der Waals surface area contributed by atoms with Gasteiger partial charge in [0.15, 0.2) is 0 Å². The van der Waals surface area contributed by atoms with Crippen LogP contribution in [0.3, 0.4) is 0 Å². The molecule has 20 heavy (non-hydrogen) atoms. The first-order valence-corrected chi connectivity index (χ1v) is 6.73. The van der Waals surface area contributed by atoms with E-state index in [1.807, 2.05) is 37.3 Å².